The first kappa shape index (κ1) is 21.8. The number of likely N-dealkylation sites (N-methyl/N-ethyl adjacent to an activating group) is 1. The molecule has 1 fully saturated rings. The molecule has 2 atom stereocenters. The second-order valence-electron chi connectivity index (χ2n) is 7.90. The Morgan fingerprint density at radius 1 is 1.03 bits per heavy atom. The Balaban J connectivity index is 1.75. The molecule has 0 saturated carbocycles. The van der Waals surface area contributed by atoms with Crippen molar-refractivity contribution in [2.45, 2.75) is 37.8 Å². The summed E-state index contributed by atoms with van der Waals surface area (Å²) >= 11 is 7.50. The van der Waals surface area contributed by atoms with Crippen molar-refractivity contribution in [1.29, 1.82) is 5.26 Å². The van der Waals surface area contributed by atoms with E-state index in [1.807, 2.05) is 36.4 Å². The van der Waals surface area contributed by atoms with Gasteiger partial charge in [-0.25, -0.2) is 0 Å². The molecule has 0 bridgehead atoms. The van der Waals surface area contributed by atoms with Crippen molar-refractivity contribution in [1.82, 2.24) is 9.80 Å². The zero-order valence-corrected chi connectivity index (χ0v) is 19.0. The summed E-state index contributed by atoms with van der Waals surface area (Å²) in [6.45, 7) is 6.47. The van der Waals surface area contributed by atoms with E-state index in [0.717, 1.165) is 40.7 Å². The Bertz CT molecular complexity index is 808. The van der Waals surface area contributed by atoms with E-state index in [4.69, 9.17) is 12.2 Å². The summed E-state index contributed by atoms with van der Waals surface area (Å²) in [5, 5.41) is 10.3. The van der Waals surface area contributed by atoms with Crippen LogP contribution in [0, 0.1) is 11.3 Å². The molecular formula is C24H29N3S2. The van der Waals surface area contributed by atoms with Gasteiger partial charge < -0.3 is 4.90 Å². The van der Waals surface area contributed by atoms with Gasteiger partial charge >= 0.3 is 0 Å². The molecule has 0 spiro atoms. The molecule has 0 amide bonds. The SMILES string of the molecule is CC1CN(C(=S)SCCC(C#N)(c2ccccc2)c2ccccc2)C(C)CN1C. The maximum Gasteiger partial charge on any atom is 0.136 e. The molecule has 5 heteroatoms. The molecule has 3 rings (SSSR count). The van der Waals surface area contributed by atoms with E-state index in [1.54, 1.807) is 11.8 Å². The third-order valence-electron chi connectivity index (χ3n) is 5.96. The van der Waals surface area contributed by atoms with Crippen molar-refractivity contribution in [2.75, 3.05) is 25.9 Å². The second-order valence-corrected chi connectivity index (χ2v) is 9.63. The van der Waals surface area contributed by atoms with Crippen LogP contribution >= 0.6 is 24.0 Å². The van der Waals surface area contributed by atoms with Crippen LogP contribution in [0.5, 0.6) is 0 Å². The van der Waals surface area contributed by atoms with Gasteiger partial charge in [0.2, 0.25) is 0 Å². The van der Waals surface area contributed by atoms with E-state index < -0.39 is 5.41 Å². The summed E-state index contributed by atoms with van der Waals surface area (Å²) < 4.78 is 0.949. The van der Waals surface area contributed by atoms with Crippen molar-refractivity contribution >= 4 is 28.3 Å². The molecule has 1 aliphatic rings. The van der Waals surface area contributed by atoms with Crippen LogP contribution in [0.2, 0.25) is 0 Å². The smallest absolute Gasteiger partial charge is 0.136 e. The molecule has 3 nitrogen and oxygen atoms in total. The Labute approximate surface area is 184 Å². The average molecular weight is 424 g/mol. The van der Waals surface area contributed by atoms with Gasteiger partial charge in [-0.15, -0.1) is 0 Å². The van der Waals surface area contributed by atoms with Crippen molar-refractivity contribution in [3.05, 3.63) is 71.8 Å². The van der Waals surface area contributed by atoms with Gasteiger partial charge in [0.1, 0.15) is 9.74 Å². The Morgan fingerprint density at radius 2 is 1.59 bits per heavy atom. The summed E-state index contributed by atoms with van der Waals surface area (Å²) in [7, 11) is 2.18. The normalized spacial score (nSPS) is 20.3. The fourth-order valence-electron chi connectivity index (χ4n) is 4.01. The molecule has 2 unspecified atom stereocenters. The zero-order valence-electron chi connectivity index (χ0n) is 17.4. The second kappa shape index (κ2) is 9.75. The van der Waals surface area contributed by atoms with E-state index in [2.05, 4.69) is 61.0 Å². The fourth-order valence-corrected chi connectivity index (χ4v) is 5.52. The van der Waals surface area contributed by atoms with Crippen LogP contribution in [0.15, 0.2) is 60.7 Å². The lowest BCUT2D eigenvalue weighted by atomic mass is 9.74. The minimum Gasteiger partial charge on any atom is -0.352 e. The van der Waals surface area contributed by atoms with Gasteiger partial charge in [0.15, 0.2) is 0 Å². The molecule has 2 aromatic rings. The van der Waals surface area contributed by atoms with Gasteiger partial charge in [0.25, 0.3) is 0 Å². The number of rotatable bonds is 5. The summed E-state index contributed by atoms with van der Waals surface area (Å²) in [6, 6.07) is 23.8. The number of hydrogen-bond acceptors (Lipinski definition) is 4. The monoisotopic (exact) mass is 423 g/mol. The van der Waals surface area contributed by atoms with Crippen molar-refractivity contribution < 1.29 is 0 Å². The maximum atomic E-state index is 10.3. The molecule has 1 saturated heterocycles. The van der Waals surface area contributed by atoms with Crippen LogP contribution in [-0.4, -0.2) is 52.1 Å². The van der Waals surface area contributed by atoms with Crippen LogP contribution in [0.4, 0.5) is 0 Å². The summed E-state index contributed by atoms with van der Waals surface area (Å²) in [5.41, 5.74) is 1.43. The highest BCUT2D eigenvalue weighted by atomic mass is 32.2. The number of nitrogens with zero attached hydrogens (tertiary/aromatic N) is 3. The number of thioether (sulfide) groups is 1. The van der Waals surface area contributed by atoms with Gasteiger partial charge in [0.05, 0.1) is 6.07 Å². The van der Waals surface area contributed by atoms with Crippen molar-refractivity contribution in [3.63, 3.8) is 0 Å². The van der Waals surface area contributed by atoms with Crippen molar-refractivity contribution in [2.24, 2.45) is 0 Å². The first-order valence-corrected chi connectivity index (χ1v) is 11.5. The van der Waals surface area contributed by atoms with E-state index in [-0.39, 0.29) is 0 Å². The average Bonchev–Trinajstić information content (AvgIpc) is 2.75. The number of piperazine rings is 1. The van der Waals surface area contributed by atoms with E-state index >= 15 is 0 Å². The largest absolute Gasteiger partial charge is 0.352 e. The number of benzene rings is 2. The van der Waals surface area contributed by atoms with E-state index in [9.17, 15) is 5.26 Å². The van der Waals surface area contributed by atoms with Crippen LogP contribution in [0.3, 0.4) is 0 Å². The van der Waals surface area contributed by atoms with Gasteiger partial charge in [-0.05, 0) is 38.4 Å². The van der Waals surface area contributed by atoms with E-state index in [1.165, 1.54) is 0 Å². The lowest BCUT2D eigenvalue weighted by Gasteiger charge is -2.43. The highest BCUT2D eigenvalue weighted by molar-refractivity contribution is 8.22. The lowest BCUT2D eigenvalue weighted by Crippen LogP contribution is -2.55. The molecule has 0 radical (unpaired) electrons. The number of thiocarbonyl (C=S) groups is 1. The molecule has 1 heterocycles. The maximum absolute atomic E-state index is 10.3. The predicted molar refractivity (Wildman–Crippen MR) is 127 cm³/mol. The molecule has 0 aliphatic carbocycles. The van der Waals surface area contributed by atoms with Crippen LogP contribution in [-0.2, 0) is 5.41 Å². The van der Waals surface area contributed by atoms with Gasteiger partial charge in [-0.3, -0.25) is 4.90 Å². The summed E-state index contributed by atoms with van der Waals surface area (Å²) in [4.78, 5) is 4.74. The molecular weight excluding hydrogens is 394 g/mol. The first-order chi connectivity index (χ1) is 14.0. The summed E-state index contributed by atoms with van der Waals surface area (Å²) in [6.07, 6.45) is 0.722. The van der Waals surface area contributed by atoms with Gasteiger partial charge in [0, 0.05) is 30.9 Å². The third-order valence-corrected chi connectivity index (χ3v) is 7.44. The Hall–Kier alpha value is -1.87. The third kappa shape index (κ3) is 4.83. The zero-order chi connectivity index (χ0) is 20.9. The number of hydrogen-bond donors (Lipinski definition) is 0. The topological polar surface area (TPSA) is 30.3 Å². The Kier molecular flexibility index (Phi) is 7.34. The van der Waals surface area contributed by atoms with Crippen LogP contribution in [0.25, 0.3) is 0 Å². The van der Waals surface area contributed by atoms with Gasteiger partial charge in [-0.1, -0.05) is 84.6 Å². The van der Waals surface area contributed by atoms with Gasteiger partial charge in [-0.2, -0.15) is 5.26 Å². The predicted octanol–water partition coefficient (Wildman–Crippen LogP) is 4.93. The molecule has 29 heavy (non-hydrogen) atoms. The first-order valence-electron chi connectivity index (χ1n) is 10.1. The number of nitriles is 1. The quantitative estimate of drug-likeness (QED) is 0.637. The highest BCUT2D eigenvalue weighted by Gasteiger charge is 2.35. The van der Waals surface area contributed by atoms with Crippen LogP contribution in [0.1, 0.15) is 31.4 Å². The minimum absolute atomic E-state index is 0.417. The minimum atomic E-state index is -0.661. The molecule has 0 N–H and O–H groups in total. The fraction of sp³-hybridized carbons (Fsp3) is 0.417. The lowest BCUT2D eigenvalue weighted by molar-refractivity contribution is 0.114. The molecule has 152 valence electrons. The molecule has 1 aliphatic heterocycles. The Morgan fingerprint density at radius 3 is 2.10 bits per heavy atom. The molecule has 2 aromatic carbocycles. The van der Waals surface area contributed by atoms with E-state index in [0.29, 0.717) is 12.1 Å². The standard InChI is InChI=1S/C24H29N3S2/c1-19-17-27(20(2)16-26(19)3)23(28)29-15-14-24(18-25,21-10-6-4-7-11-21)22-12-8-5-9-13-22/h4-13,19-20H,14-17H2,1-3H3. The van der Waals surface area contributed by atoms with Crippen LogP contribution < -0.4 is 0 Å². The highest BCUT2D eigenvalue weighted by Crippen LogP contribution is 2.36. The van der Waals surface area contributed by atoms with Crippen molar-refractivity contribution in [3.8, 4) is 6.07 Å². The summed E-state index contributed by atoms with van der Waals surface area (Å²) in [5.74, 6) is 0.809. The molecule has 0 aromatic heterocycles.